The van der Waals surface area contributed by atoms with Crippen LogP contribution in [-0.4, -0.2) is 19.2 Å². The van der Waals surface area contributed by atoms with Crippen LogP contribution in [0.2, 0.25) is 0 Å². The molecule has 1 aromatic carbocycles. The second-order valence-electron chi connectivity index (χ2n) is 7.18. The van der Waals surface area contributed by atoms with Gasteiger partial charge in [0.05, 0.1) is 7.11 Å². The van der Waals surface area contributed by atoms with Gasteiger partial charge < -0.3 is 10.1 Å². The lowest BCUT2D eigenvalue weighted by atomic mass is 9.90. The van der Waals surface area contributed by atoms with Gasteiger partial charge in [0.2, 0.25) is 0 Å². The van der Waals surface area contributed by atoms with Crippen LogP contribution in [0.1, 0.15) is 46.6 Å². The molecule has 0 aliphatic rings. The molecule has 0 heterocycles. The number of ether oxygens (including phenoxy) is 1. The van der Waals surface area contributed by atoms with Gasteiger partial charge in [-0.2, -0.15) is 0 Å². The van der Waals surface area contributed by atoms with Crippen LogP contribution in [0.15, 0.2) is 24.3 Å². The molecular weight excluding hydrogens is 246 g/mol. The molecule has 0 bridgehead atoms. The van der Waals surface area contributed by atoms with Crippen LogP contribution in [0.5, 0.6) is 5.75 Å². The number of methoxy groups -OCH3 is 1. The summed E-state index contributed by atoms with van der Waals surface area (Å²) >= 11 is 0. The lowest BCUT2D eigenvalue weighted by molar-refractivity contribution is 0.331. The smallest absolute Gasteiger partial charge is 0.119 e. The van der Waals surface area contributed by atoms with E-state index in [9.17, 15) is 0 Å². The molecule has 0 fully saturated rings. The molecule has 1 aromatic rings. The Morgan fingerprint density at radius 3 is 2.45 bits per heavy atom. The molecule has 1 rings (SSSR count). The third-order valence-corrected chi connectivity index (χ3v) is 3.38. The van der Waals surface area contributed by atoms with Crippen molar-refractivity contribution in [3.05, 3.63) is 29.8 Å². The Balaban J connectivity index is 2.67. The predicted octanol–water partition coefficient (Wildman–Crippen LogP) is 4.29. The van der Waals surface area contributed by atoms with Gasteiger partial charge in [-0.05, 0) is 69.7 Å². The highest BCUT2D eigenvalue weighted by atomic mass is 16.5. The zero-order valence-electron chi connectivity index (χ0n) is 14.0. The number of hydrogen-bond acceptors (Lipinski definition) is 2. The molecule has 0 saturated heterocycles. The second kappa shape index (κ2) is 7.68. The van der Waals surface area contributed by atoms with E-state index in [1.807, 2.05) is 6.07 Å². The summed E-state index contributed by atoms with van der Waals surface area (Å²) in [6.45, 7) is 12.4. The van der Waals surface area contributed by atoms with Gasteiger partial charge in [0.15, 0.2) is 0 Å². The average molecular weight is 277 g/mol. The van der Waals surface area contributed by atoms with E-state index in [-0.39, 0.29) is 5.54 Å². The lowest BCUT2D eigenvalue weighted by Gasteiger charge is -2.26. The highest BCUT2D eigenvalue weighted by Crippen LogP contribution is 2.20. The van der Waals surface area contributed by atoms with E-state index in [1.165, 1.54) is 12.0 Å². The summed E-state index contributed by atoms with van der Waals surface area (Å²) in [4.78, 5) is 0. The summed E-state index contributed by atoms with van der Waals surface area (Å²) in [6, 6.07) is 8.45. The first-order chi connectivity index (χ1) is 9.30. The number of hydrogen-bond donors (Lipinski definition) is 1. The second-order valence-corrected chi connectivity index (χ2v) is 7.18. The maximum Gasteiger partial charge on any atom is 0.119 e. The fourth-order valence-corrected chi connectivity index (χ4v) is 2.49. The van der Waals surface area contributed by atoms with Crippen LogP contribution in [0.3, 0.4) is 0 Å². The van der Waals surface area contributed by atoms with Gasteiger partial charge in [-0.25, -0.2) is 0 Å². The van der Waals surface area contributed by atoms with Gasteiger partial charge >= 0.3 is 0 Å². The number of benzene rings is 1. The summed E-state index contributed by atoms with van der Waals surface area (Å²) in [7, 11) is 1.73. The molecule has 0 aromatic heterocycles. The van der Waals surface area contributed by atoms with Crippen LogP contribution in [-0.2, 0) is 6.42 Å². The Morgan fingerprint density at radius 2 is 1.90 bits per heavy atom. The molecule has 0 radical (unpaired) electrons. The summed E-state index contributed by atoms with van der Waals surface area (Å²) in [6.07, 6.45) is 2.36. The number of rotatable bonds is 7. The first kappa shape index (κ1) is 17.0. The van der Waals surface area contributed by atoms with E-state index >= 15 is 0 Å². The molecule has 0 spiro atoms. The topological polar surface area (TPSA) is 21.3 Å². The standard InChI is InChI=1S/C18H31NO/c1-14(2)10-16(13-19-18(3,4)5)11-15-8-7-9-17(12-15)20-6/h7-9,12,14,16,19H,10-11,13H2,1-6H3. The van der Waals surface area contributed by atoms with Gasteiger partial charge in [-0.1, -0.05) is 26.0 Å². The summed E-state index contributed by atoms with van der Waals surface area (Å²) in [5.41, 5.74) is 1.55. The van der Waals surface area contributed by atoms with Crippen molar-refractivity contribution < 1.29 is 4.74 Å². The Morgan fingerprint density at radius 1 is 1.20 bits per heavy atom. The van der Waals surface area contributed by atoms with Crippen molar-refractivity contribution in [2.45, 2.75) is 53.0 Å². The lowest BCUT2D eigenvalue weighted by Crippen LogP contribution is -2.39. The molecule has 0 aliphatic carbocycles. The fourth-order valence-electron chi connectivity index (χ4n) is 2.49. The third-order valence-electron chi connectivity index (χ3n) is 3.38. The van der Waals surface area contributed by atoms with Crippen molar-refractivity contribution in [3.8, 4) is 5.75 Å². The quantitative estimate of drug-likeness (QED) is 0.803. The van der Waals surface area contributed by atoms with E-state index in [0.717, 1.165) is 24.6 Å². The van der Waals surface area contributed by atoms with Crippen LogP contribution in [0.4, 0.5) is 0 Å². The van der Waals surface area contributed by atoms with Gasteiger partial charge in [-0.15, -0.1) is 0 Å². The highest BCUT2D eigenvalue weighted by Gasteiger charge is 2.16. The zero-order chi connectivity index (χ0) is 15.2. The number of nitrogens with one attached hydrogen (secondary N) is 1. The molecule has 0 amide bonds. The molecule has 1 N–H and O–H groups in total. The van der Waals surface area contributed by atoms with Gasteiger partial charge in [-0.3, -0.25) is 0 Å². The minimum atomic E-state index is 0.184. The molecule has 114 valence electrons. The molecule has 0 aliphatic heterocycles. The van der Waals surface area contributed by atoms with E-state index < -0.39 is 0 Å². The predicted molar refractivity (Wildman–Crippen MR) is 87.4 cm³/mol. The van der Waals surface area contributed by atoms with Crippen molar-refractivity contribution in [2.24, 2.45) is 11.8 Å². The van der Waals surface area contributed by atoms with Crippen molar-refractivity contribution in [1.29, 1.82) is 0 Å². The van der Waals surface area contributed by atoms with E-state index in [2.05, 4.69) is 58.1 Å². The minimum Gasteiger partial charge on any atom is -0.497 e. The Kier molecular flexibility index (Phi) is 6.54. The molecule has 0 saturated carbocycles. The maximum absolute atomic E-state index is 5.32. The first-order valence-corrected chi connectivity index (χ1v) is 7.68. The maximum atomic E-state index is 5.32. The van der Waals surface area contributed by atoms with Gasteiger partial charge in [0, 0.05) is 5.54 Å². The largest absolute Gasteiger partial charge is 0.497 e. The van der Waals surface area contributed by atoms with Crippen LogP contribution in [0, 0.1) is 11.8 Å². The third kappa shape index (κ3) is 6.95. The molecule has 20 heavy (non-hydrogen) atoms. The summed E-state index contributed by atoms with van der Waals surface area (Å²) < 4.78 is 5.32. The minimum absolute atomic E-state index is 0.184. The van der Waals surface area contributed by atoms with Crippen LogP contribution >= 0.6 is 0 Å². The van der Waals surface area contributed by atoms with Gasteiger partial charge in [0.1, 0.15) is 5.75 Å². The monoisotopic (exact) mass is 277 g/mol. The Labute approximate surface area is 124 Å². The van der Waals surface area contributed by atoms with Crippen LogP contribution < -0.4 is 10.1 Å². The van der Waals surface area contributed by atoms with Crippen molar-refractivity contribution in [3.63, 3.8) is 0 Å². The normalized spacial score (nSPS) is 13.6. The molecule has 1 unspecified atom stereocenters. The Hall–Kier alpha value is -1.02. The SMILES string of the molecule is COc1cccc(CC(CNC(C)(C)C)CC(C)C)c1. The van der Waals surface area contributed by atoms with Crippen molar-refractivity contribution in [1.82, 2.24) is 5.32 Å². The highest BCUT2D eigenvalue weighted by molar-refractivity contribution is 5.28. The van der Waals surface area contributed by atoms with Crippen molar-refractivity contribution in [2.75, 3.05) is 13.7 Å². The Bertz CT molecular complexity index is 393. The van der Waals surface area contributed by atoms with E-state index in [4.69, 9.17) is 4.74 Å². The summed E-state index contributed by atoms with van der Waals surface area (Å²) in [5.74, 6) is 2.35. The molecule has 1 atom stereocenters. The first-order valence-electron chi connectivity index (χ1n) is 7.68. The fraction of sp³-hybridized carbons (Fsp3) is 0.667. The molecule has 2 heteroatoms. The molecular formula is C18H31NO. The van der Waals surface area contributed by atoms with Gasteiger partial charge in [0.25, 0.3) is 0 Å². The zero-order valence-corrected chi connectivity index (χ0v) is 14.0. The van der Waals surface area contributed by atoms with E-state index in [1.54, 1.807) is 7.11 Å². The summed E-state index contributed by atoms with van der Waals surface area (Å²) in [5, 5.41) is 3.64. The van der Waals surface area contributed by atoms with Crippen LogP contribution in [0.25, 0.3) is 0 Å². The van der Waals surface area contributed by atoms with Crippen molar-refractivity contribution >= 4 is 0 Å². The average Bonchev–Trinajstić information content (AvgIpc) is 2.35. The molecule has 2 nitrogen and oxygen atoms in total. The van der Waals surface area contributed by atoms with E-state index in [0.29, 0.717) is 5.92 Å².